The molecule has 0 spiro atoms. The fourth-order valence-corrected chi connectivity index (χ4v) is 2.61. The van der Waals surface area contributed by atoms with Crippen molar-refractivity contribution in [2.24, 2.45) is 0 Å². The van der Waals surface area contributed by atoms with Crippen LogP contribution in [0.15, 0.2) is 28.7 Å². The van der Waals surface area contributed by atoms with Gasteiger partial charge in [0.2, 0.25) is 0 Å². The summed E-state index contributed by atoms with van der Waals surface area (Å²) in [6, 6.07) is 7.20. The van der Waals surface area contributed by atoms with Crippen LogP contribution in [0.2, 0.25) is 0 Å². The first-order valence-corrected chi connectivity index (χ1v) is 7.76. The summed E-state index contributed by atoms with van der Waals surface area (Å²) in [5.41, 5.74) is 0. The van der Waals surface area contributed by atoms with Crippen LogP contribution in [-0.4, -0.2) is 29.3 Å². The molecule has 1 fully saturated rings. The van der Waals surface area contributed by atoms with E-state index in [9.17, 15) is 9.90 Å². The lowest BCUT2D eigenvalue weighted by molar-refractivity contribution is -0.129. The molecule has 5 heteroatoms. The Balaban J connectivity index is 1.86. The molecule has 1 aromatic rings. The molecule has 2 N–H and O–H groups in total. The fraction of sp³-hybridized carbons (Fsp3) is 0.533. The van der Waals surface area contributed by atoms with E-state index in [-0.39, 0.29) is 11.9 Å². The van der Waals surface area contributed by atoms with Gasteiger partial charge >= 0.3 is 0 Å². The summed E-state index contributed by atoms with van der Waals surface area (Å²) in [4.78, 5) is 12.1. The summed E-state index contributed by atoms with van der Waals surface area (Å²) in [6.07, 6.45) is 2.64. The van der Waals surface area contributed by atoms with Crippen molar-refractivity contribution in [3.63, 3.8) is 0 Å². The van der Waals surface area contributed by atoms with Crippen LogP contribution in [0.3, 0.4) is 0 Å². The van der Waals surface area contributed by atoms with Gasteiger partial charge in [-0.05, 0) is 44.0 Å². The number of rotatable bonds is 4. The largest absolute Gasteiger partial charge is 0.481 e. The number of halogens is 1. The Kier molecular flexibility index (Phi) is 5.43. The van der Waals surface area contributed by atoms with E-state index in [0.29, 0.717) is 5.75 Å². The van der Waals surface area contributed by atoms with Gasteiger partial charge in [-0.25, -0.2) is 0 Å². The highest BCUT2D eigenvalue weighted by Gasteiger charge is 2.26. The van der Waals surface area contributed by atoms with E-state index in [2.05, 4.69) is 21.2 Å². The predicted octanol–water partition coefficient (Wildman–Crippen LogP) is 2.64. The molecular formula is C15H20BrNO3. The second-order valence-electron chi connectivity index (χ2n) is 5.18. The van der Waals surface area contributed by atoms with E-state index in [0.717, 1.165) is 30.2 Å². The maximum atomic E-state index is 12.1. The van der Waals surface area contributed by atoms with Gasteiger partial charge in [0.15, 0.2) is 6.10 Å². The van der Waals surface area contributed by atoms with E-state index in [4.69, 9.17) is 4.74 Å². The topological polar surface area (TPSA) is 58.6 Å². The molecule has 1 amide bonds. The van der Waals surface area contributed by atoms with Gasteiger partial charge in [-0.15, -0.1) is 0 Å². The molecule has 0 heterocycles. The molecule has 3 atom stereocenters. The van der Waals surface area contributed by atoms with Crippen LogP contribution in [-0.2, 0) is 4.79 Å². The fourth-order valence-electron chi connectivity index (χ4n) is 2.35. The summed E-state index contributed by atoms with van der Waals surface area (Å²) in [5.74, 6) is 0.471. The second-order valence-corrected chi connectivity index (χ2v) is 6.10. The summed E-state index contributed by atoms with van der Waals surface area (Å²) in [5, 5.41) is 12.7. The van der Waals surface area contributed by atoms with Crippen molar-refractivity contribution in [3.8, 4) is 5.75 Å². The van der Waals surface area contributed by atoms with Gasteiger partial charge in [0.1, 0.15) is 5.75 Å². The van der Waals surface area contributed by atoms with Crippen molar-refractivity contribution in [1.29, 1.82) is 0 Å². The zero-order valence-electron chi connectivity index (χ0n) is 11.5. The number of carbonyl (C=O) groups is 1. The van der Waals surface area contributed by atoms with E-state index in [1.54, 1.807) is 6.92 Å². The molecule has 0 aliphatic heterocycles. The smallest absolute Gasteiger partial charge is 0.261 e. The van der Waals surface area contributed by atoms with E-state index >= 15 is 0 Å². The van der Waals surface area contributed by atoms with Gasteiger partial charge in [-0.2, -0.15) is 0 Å². The van der Waals surface area contributed by atoms with Crippen LogP contribution in [0.1, 0.15) is 32.6 Å². The van der Waals surface area contributed by atoms with Crippen molar-refractivity contribution in [2.75, 3.05) is 0 Å². The summed E-state index contributed by atoms with van der Waals surface area (Å²) >= 11 is 3.35. The Labute approximate surface area is 127 Å². The molecule has 110 valence electrons. The van der Waals surface area contributed by atoms with Crippen LogP contribution in [0.25, 0.3) is 0 Å². The minimum atomic E-state index is -0.578. The van der Waals surface area contributed by atoms with Crippen molar-refractivity contribution < 1.29 is 14.6 Å². The minimum absolute atomic E-state index is 0.146. The molecule has 1 aliphatic rings. The number of aliphatic hydroxyl groups is 1. The first-order valence-electron chi connectivity index (χ1n) is 6.97. The molecule has 2 rings (SSSR count). The Bertz CT molecular complexity index is 449. The first-order chi connectivity index (χ1) is 9.56. The third kappa shape index (κ3) is 4.21. The molecule has 20 heavy (non-hydrogen) atoms. The molecule has 3 unspecified atom stereocenters. The van der Waals surface area contributed by atoms with Crippen LogP contribution < -0.4 is 10.1 Å². The SMILES string of the molecule is CC(Oc1ccc(Br)cc1)C(=O)NC1CCCCC1O. The number of hydrogen-bond acceptors (Lipinski definition) is 3. The molecule has 1 aromatic carbocycles. The first kappa shape index (κ1) is 15.3. The molecule has 0 saturated heterocycles. The van der Waals surface area contributed by atoms with E-state index in [1.165, 1.54) is 0 Å². The van der Waals surface area contributed by atoms with Crippen LogP contribution in [0.5, 0.6) is 5.75 Å². The summed E-state index contributed by atoms with van der Waals surface area (Å²) < 4.78 is 6.56. The second kappa shape index (κ2) is 7.09. The van der Waals surface area contributed by atoms with Gasteiger partial charge in [0.05, 0.1) is 12.1 Å². The van der Waals surface area contributed by atoms with Crippen LogP contribution in [0.4, 0.5) is 0 Å². The average Bonchev–Trinajstić information content (AvgIpc) is 2.44. The van der Waals surface area contributed by atoms with Crippen molar-refractivity contribution in [3.05, 3.63) is 28.7 Å². The number of ether oxygens (including phenoxy) is 1. The normalized spacial score (nSPS) is 23.9. The molecule has 4 nitrogen and oxygen atoms in total. The highest BCUT2D eigenvalue weighted by Crippen LogP contribution is 2.20. The molecule has 0 aromatic heterocycles. The Morgan fingerprint density at radius 3 is 2.65 bits per heavy atom. The van der Waals surface area contributed by atoms with Gasteiger partial charge in [0.25, 0.3) is 5.91 Å². The summed E-state index contributed by atoms with van der Waals surface area (Å²) in [7, 11) is 0. The zero-order valence-corrected chi connectivity index (χ0v) is 13.1. The van der Waals surface area contributed by atoms with Crippen LogP contribution in [0, 0.1) is 0 Å². The lowest BCUT2D eigenvalue weighted by Gasteiger charge is -2.29. The maximum Gasteiger partial charge on any atom is 0.261 e. The third-order valence-corrected chi connectivity index (χ3v) is 4.08. The van der Waals surface area contributed by atoms with E-state index in [1.807, 2.05) is 24.3 Å². The van der Waals surface area contributed by atoms with E-state index < -0.39 is 12.2 Å². The zero-order chi connectivity index (χ0) is 14.5. The third-order valence-electron chi connectivity index (χ3n) is 3.55. The molecule has 1 saturated carbocycles. The number of amides is 1. The maximum absolute atomic E-state index is 12.1. The summed E-state index contributed by atoms with van der Waals surface area (Å²) in [6.45, 7) is 1.71. The number of benzene rings is 1. The predicted molar refractivity (Wildman–Crippen MR) is 80.6 cm³/mol. The number of hydrogen-bond donors (Lipinski definition) is 2. The monoisotopic (exact) mass is 341 g/mol. The van der Waals surface area contributed by atoms with Gasteiger partial charge in [-0.3, -0.25) is 4.79 Å². The lowest BCUT2D eigenvalue weighted by Crippen LogP contribution is -2.49. The lowest BCUT2D eigenvalue weighted by atomic mass is 9.92. The molecule has 1 aliphatic carbocycles. The van der Waals surface area contributed by atoms with Crippen LogP contribution >= 0.6 is 15.9 Å². The Morgan fingerprint density at radius 1 is 1.35 bits per heavy atom. The van der Waals surface area contributed by atoms with Crippen molar-refractivity contribution in [2.45, 2.75) is 50.9 Å². The quantitative estimate of drug-likeness (QED) is 0.884. The number of aliphatic hydroxyl groups excluding tert-OH is 1. The number of nitrogens with one attached hydrogen (secondary N) is 1. The Morgan fingerprint density at radius 2 is 2.00 bits per heavy atom. The highest BCUT2D eigenvalue weighted by atomic mass is 79.9. The highest BCUT2D eigenvalue weighted by molar-refractivity contribution is 9.10. The standard InChI is InChI=1S/C15H20BrNO3/c1-10(20-12-8-6-11(16)7-9-12)15(19)17-13-4-2-3-5-14(13)18/h6-10,13-14,18H,2-5H2,1H3,(H,17,19). The van der Waals surface area contributed by atoms with Gasteiger partial charge in [0, 0.05) is 4.47 Å². The molecule has 0 bridgehead atoms. The van der Waals surface area contributed by atoms with Crippen molar-refractivity contribution in [1.82, 2.24) is 5.32 Å². The van der Waals surface area contributed by atoms with Gasteiger partial charge in [-0.1, -0.05) is 28.8 Å². The molecular weight excluding hydrogens is 322 g/mol. The Hall–Kier alpha value is -1.07. The van der Waals surface area contributed by atoms with Crippen molar-refractivity contribution >= 4 is 21.8 Å². The molecule has 0 radical (unpaired) electrons. The number of carbonyl (C=O) groups excluding carboxylic acids is 1. The average molecular weight is 342 g/mol. The van der Waals surface area contributed by atoms with Gasteiger partial charge < -0.3 is 15.2 Å². The minimum Gasteiger partial charge on any atom is -0.481 e.